The van der Waals surface area contributed by atoms with Crippen LogP contribution in [-0.4, -0.2) is 28.6 Å². The van der Waals surface area contributed by atoms with E-state index in [0.29, 0.717) is 13.0 Å². The quantitative estimate of drug-likeness (QED) is 0.772. The van der Waals surface area contributed by atoms with E-state index >= 15 is 0 Å². The first-order chi connectivity index (χ1) is 6.66. The molecule has 4 nitrogen and oxygen atoms in total. The van der Waals surface area contributed by atoms with Crippen LogP contribution >= 0.6 is 0 Å². The van der Waals surface area contributed by atoms with Gasteiger partial charge < -0.3 is 9.84 Å². The molecule has 0 amide bonds. The average Bonchev–Trinajstić information content (AvgIpc) is 2.66. The highest BCUT2D eigenvalue weighted by Crippen LogP contribution is 2.24. The van der Waals surface area contributed by atoms with Crippen LogP contribution in [0.5, 0.6) is 0 Å². The topological polar surface area (TPSA) is 47.3 Å². The fourth-order valence-electron chi connectivity index (χ4n) is 1.41. The normalized spacial score (nSPS) is 15.4. The van der Waals surface area contributed by atoms with Crippen molar-refractivity contribution in [1.82, 2.24) is 9.78 Å². The molecule has 0 saturated carbocycles. The van der Waals surface area contributed by atoms with Crippen molar-refractivity contribution in [3.05, 3.63) is 18.0 Å². The zero-order valence-electron chi connectivity index (χ0n) is 9.03. The molecule has 1 aromatic rings. The molecule has 80 valence electrons. The molecule has 0 aliphatic carbocycles. The maximum atomic E-state index is 10.2. The van der Waals surface area contributed by atoms with Crippen molar-refractivity contribution >= 4 is 0 Å². The summed E-state index contributed by atoms with van der Waals surface area (Å²) in [5.74, 6) is 0. The molecule has 1 aromatic heterocycles. The summed E-state index contributed by atoms with van der Waals surface area (Å²) in [6.45, 7) is 5.06. The van der Waals surface area contributed by atoms with Crippen molar-refractivity contribution in [3.63, 3.8) is 0 Å². The van der Waals surface area contributed by atoms with E-state index in [1.807, 2.05) is 20.0 Å². The second-order valence-corrected chi connectivity index (χ2v) is 3.40. The van der Waals surface area contributed by atoms with Crippen LogP contribution in [0.2, 0.25) is 0 Å². The lowest BCUT2D eigenvalue weighted by molar-refractivity contribution is -0.0386. The standard InChI is InChI=1S/C10H18N2O2/c1-4-10(13,8-14-3)9-6-11-12(5-2)7-9/h6-7,13H,4-5,8H2,1-3H3. The van der Waals surface area contributed by atoms with Crippen molar-refractivity contribution in [2.45, 2.75) is 32.4 Å². The van der Waals surface area contributed by atoms with E-state index in [-0.39, 0.29) is 0 Å². The minimum atomic E-state index is -0.901. The molecule has 1 heterocycles. The van der Waals surface area contributed by atoms with Crippen LogP contribution in [0.4, 0.5) is 0 Å². The first-order valence-electron chi connectivity index (χ1n) is 4.90. The molecular formula is C10H18N2O2. The van der Waals surface area contributed by atoms with Gasteiger partial charge in [-0.15, -0.1) is 0 Å². The minimum absolute atomic E-state index is 0.304. The Morgan fingerprint density at radius 1 is 1.57 bits per heavy atom. The summed E-state index contributed by atoms with van der Waals surface area (Å²) in [5, 5.41) is 14.4. The number of aromatic nitrogens is 2. The molecular weight excluding hydrogens is 180 g/mol. The van der Waals surface area contributed by atoms with E-state index in [1.165, 1.54) is 0 Å². The highest BCUT2D eigenvalue weighted by atomic mass is 16.5. The Morgan fingerprint density at radius 2 is 2.29 bits per heavy atom. The maximum absolute atomic E-state index is 10.2. The third-order valence-corrected chi connectivity index (χ3v) is 2.46. The van der Waals surface area contributed by atoms with Crippen molar-refractivity contribution < 1.29 is 9.84 Å². The summed E-state index contributed by atoms with van der Waals surface area (Å²) in [6.07, 6.45) is 4.19. The van der Waals surface area contributed by atoms with E-state index < -0.39 is 5.60 Å². The fourth-order valence-corrected chi connectivity index (χ4v) is 1.41. The average molecular weight is 198 g/mol. The van der Waals surface area contributed by atoms with Crippen LogP contribution in [-0.2, 0) is 16.9 Å². The van der Waals surface area contributed by atoms with E-state index in [2.05, 4.69) is 5.10 Å². The first-order valence-corrected chi connectivity index (χ1v) is 4.90. The van der Waals surface area contributed by atoms with E-state index in [9.17, 15) is 5.11 Å². The number of hydrogen-bond donors (Lipinski definition) is 1. The maximum Gasteiger partial charge on any atom is 0.116 e. The van der Waals surface area contributed by atoms with Crippen LogP contribution in [0, 0.1) is 0 Å². The minimum Gasteiger partial charge on any atom is -0.383 e. The molecule has 0 radical (unpaired) electrons. The number of rotatable bonds is 5. The van der Waals surface area contributed by atoms with Gasteiger partial charge in [-0.1, -0.05) is 6.92 Å². The Bertz CT molecular complexity index is 285. The number of aryl methyl sites for hydroxylation is 1. The van der Waals surface area contributed by atoms with Crippen molar-refractivity contribution in [2.75, 3.05) is 13.7 Å². The van der Waals surface area contributed by atoms with E-state index in [1.54, 1.807) is 18.0 Å². The molecule has 0 spiro atoms. The zero-order chi connectivity index (χ0) is 10.6. The highest BCUT2D eigenvalue weighted by Gasteiger charge is 2.28. The number of aliphatic hydroxyl groups is 1. The molecule has 0 aliphatic rings. The van der Waals surface area contributed by atoms with Gasteiger partial charge in [-0.2, -0.15) is 5.10 Å². The third kappa shape index (κ3) is 2.13. The zero-order valence-corrected chi connectivity index (χ0v) is 9.03. The number of nitrogens with zero attached hydrogens (tertiary/aromatic N) is 2. The predicted octanol–water partition coefficient (Wildman–Crippen LogP) is 1.15. The molecule has 1 unspecified atom stereocenters. The van der Waals surface area contributed by atoms with Gasteiger partial charge in [0.1, 0.15) is 5.60 Å². The second kappa shape index (κ2) is 4.57. The Kier molecular flexibility index (Phi) is 3.66. The summed E-state index contributed by atoms with van der Waals surface area (Å²) in [5.41, 5.74) is -0.0778. The number of ether oxygens (including phenoxy) is 1. The van der Waals surface area contributed by atoms with Crippen LogP contribution < -0.4 is 0 Å². The third-order valence-electron chi connectivity index (χ3n) is 2.46. The smallest absolute Gasteiger partial charge is 0.116 e. The summed E-state index contributed by atoms with van der Waals surface area (Å²) >= 11 is 0. The molecule has 0 fully saturated rings. The number of methoxy groups -OCH3 is 1. The van der Waals surface area contributed by atoms with E-state index in [0.717, 1.165) is 12.1 Å². The molecule has 0 aromatic carbocycles. The summed E-state index contributed by atoms with van der Waals surface area (Å²) in [6, 6.07) is 0. The van der Waals surface area contributed by atoms with Gasteiger partial charge in [-0.25, -0.2) is 0 Å². The van der Waals surface area contributed by atoms with Gasteiger partial charge in [0.25, 0.3) is 0 Å². The lowest BCUT2D eigenvalue weighted by Crippen LogP contribution is -2.29. The van der Waals surface area contributed by atoms with Crippen molar-refractivity contribution in [1.29, 1.82) is 0 Å². The Balaban J connectivity index is 2.87. The molecule has 14 heavy (non-hydrogen) atoms. The summed E-state index contributed by atoms with van der Waals surface area (Å²) < 4.78 is 6.81. The van der Waals surface area contributed by atoms with Crippen molar-refractivity contribution in [3.8, 4) is 0 Å². The van der Waals surface area contributed by atoms with Gasteiger partial charge in [-0.3, -0.25) is 4.68 Å². The molecule has 1 atom stereocenters. The van der Waals surface area contributed by atoms with Gasteiger partial charge in [0, 0.05) is 25.4 Å². The second-order valence-electron chi connectivity index (χ2n) is 3.40. The van der Waals surface area contributed by atoms with Crippen molar-refractivity contribution in [2.24, 2.45) is 0 Å². The van der Waals surface area contributed by atoms with E-state index in [4.69, 9.17) is 4.74 Å². The highest BCUT2D eigenvalue weighted by molar-refractivity contribution is 5.15. The van der Waals surface area contributed by atoms with Crippen LogP contribution in [0.25, 0.3) is 0 Å². The van der Waals surface area contributed by atoms with Gasteiger partial charge in [0.15, 0.2) is 0 Å². The monoisotopic (exact) mass is 198 g/mol. The van der Waals surface area contributed by atoms with Gasteiger partial charge >= 0.3 is 0 Å². The van der Waals surface area contributed by atoms with Crippen LogP contribution in [0.3, 0.4) is 0 Å². The SMILES string of the molecule is CCn1cc(C(O)(CC)COC)cn1. The van der Waals surface area contributed by atoms with Crippen LogP contribution in [0.15, 0.2) is 12.4 Å². The largest absolute Gasteiger partial charge is 0.383 e. The molecule has 0 saturated heterocycles. The lowest BCUT2D eigenvalue weighted by Gasteiger charge is -2.24. The summed E-state index contributed by atoms with van der Waals surface area (Å²) in [4.78, 5) is 0. The predicted molar refractivity (Wildman–Crippen MR) is 54.0 cm³/mol. The van der Waals surface area contributed by atoms with Crippen LogP contribution in [0.1, 0.15) is 25.8 Å². The Labute approximate surface area is 84.5 Å². The molecule has 0 aliphatic heterocycles. The number of hydrogen-bond acceptors (Lipinski definition) is 3. The summed E-state index contributed by atoms with van der Waals surface area (Å²) in [7, 11) is 1.59. The van der Waals surface area contributed by atoms with Gasteiger partial charge in [0.2, 0.25) is 0 Å². The molecule has 4 heteroatoms. The fraction of sp³-hybridized carbons (Fsp3) is 0.700. The Hall–Kier alpha value is -0.870. The molecule has 1 rings (SSSR count). The lowest BCUT2D eigenvalue weighted by atomic mass is 9.95. The Morgan fingerprint density at radius 3 is 2.71 bits per heavy atom. The molecule has 1 N–H and O–H groups in total. The first kappa shape index (κ1) is 11.2. The molecule has 0 bridgehead atoms. The van der Waals surface area contributed by atoms with Gasteiger partial charge in [0.05, 0.1) is 12.8 Å². The van der Waals surface area contributed by atoms with Gasteiger partial charge in [-0.05, 0) is 13.3 Å².